The molecular weight excluding hydrogens is 300 g/mol. The van der Waals surface area contributed by atoms with Crippen LogP contribution in [0.4, 0.5) is 4.79 Å². The van der Waals surface area contributed by atoms with Crippen LogP contribution in [0.1, 0.15) is 35.2 Å². The monoisotopic (exact) mass is 318 g/mol. The van der Waals surface area contributed by atoms with Gasteiger partial charge in [-0.25, -0.2) is 0 Å². The SMILES string of the molecule is O=C(NCC1CCC1)c1cccc(CN2C(=O)CSC2=O)c1. The van der Waals surface area contributed by atoms with Crippen molar-refractivity contribution in [3.05, 3.63) is 35.4 Å². The Bertz CT molecular complexity index is 597. The number of carbonyl (C=O) groups excluding carboxylic acids is 3. The fourth-order valence-corrected chi connectivity index (χ4v) is 3.29. The van der Waals surface area contributed by atoms with Crippen molar-refractivity contribution in [3.8, 4) is 0 Å². The van der Waals surface area contributed by atoms with Crippen molar-refractivity contribution in [1.82, 2.24) is 10.2 Å². The molecule has 22 heavy (non-hydrogen) atoms. The first-order valence-electron chi connectivity index (χ1n) is 7.48. The number of carbonyl (C=O) groups is 3. The lowest BCUT2D eigenvalue weighted by molar-refractivity contribution is -0.125. The van der Waals surface area contributed by atoms with Gasteiger partial charge in [0, 0.05) is 12.1 Å². The van der Waals surface area contributed by atoms with Crippen LogP contribution in [-0.2, 0) is 11.3 Å². The van der Waals surface area contributed by atoms with Crippen molar-refractivity contribution in [2.45, 2.75) is 25.8 Å². The first kappa shape index (κ1) is 15.1. The lowest BCUT2D eigenvalue weighted by atomic mass is 9.85. The third kappa shape index (κ3) is 3.32. The fourth-order valence-electron chi connectivity index (χ4n) is 2.56. The molecule has 6 heteroatoms. The molecule has 116 valence electrons. The van der Waals surface area contributed by atoms with E-state index < -0.39 is 0 Å². The number of amides is 3. The molecule has 0 unspecified atom stereocenters. The minimum Gasteiger partial charge on any atom is -0.352 e. The maximum absolute atomic E-state index is 12.1. The molecule has 2 aliphatic rings. The van der Waals surface area contributed by atoms with Gasteiger partial charge in [0.1, 0.15) is 0 Å². The standard InChI is InChI=1S/C16H18N2O3S/c19-14-10-22-16(21)18(14)9-12-5-2-6-13(7-12)15(20)17-8-11-3-1-4-11/h2,5-7,11H,1,3-4,8-10H2,(H,17,20). The minimum absolute atomic E-state index is 0.0952. The average Bonchev–Trinajstić information content (AvgIpc) is 2.78. The highest BCUT2D eigenvalue weighted by molar-refractivity contribution is 8.14. The summed E-state index contributed by atoms with van der Waals surface area (Å²) in [7, 11) is 0. The number of hydrogen-bond acceptors (Lipinski definition) is 4. The molecular formula is C16H18N2O3S. The van der Waals surface area contributed by atoms with Gasteiger partial charge in [-0.3, -0.25) is 19.3 Å². The number of hydrogen-bond donors (Lipinski definition) is 1. The van der Waals surface area contributed by atoms with Crippen molar-refractivity contribution in [2.75, 3.05) is 12.3 Å². The minimum atomic E-state index is -0.218. The van der Waals surface area contributed by atoms with E-state index in [2.05, 4.69) is 5.32 Å². The summed E-state index contributed by atoms with van der Waals surface area (Å²) in [6, 6.07) is 7.11. The molecule has 1 saturated heterocycles. The highest BCUT2D eigenvalue weighted by Gasteiger charge is 2.29. The predicted octanol–water partition coefficient (Wildman–Crippen LogP) is 2.41. The number of nitrogens with one attached hydrogen (secondary N) is 1. The first-order valence-corrected chi connectivity index (χ1v) is 8.46. The van der Waals surface area contributed by atoms with Gasteiger partial charge in [-0.05, 0) is 36.5 Å². The third-order valence-corrected chi connectivity index (χ3v) is 5.01. The van der Waals surface area contributed by atoms with Crippen LogP contribution in [0.2, 0.25) is 0 Å². The summed E-state index contributed by atoms with van der Waals surface area (Å²) in [5.41, 5.74) is 1.36. The maximum Gasteiger partial charge on any atom is 0.289 e. The normalized spacial score (nSPS) is 18.5. The van der Waals surface area contributed by atoms with E-state index in [1.54, 1.807) is 18.2 Å². The van der Waals surface area contributed by atoms with Gasteiger partial charge in [0.2, 0.25) is 5.91 Å². The van der Waals surface area contributed by atoms with Gasteiger partial charge in [-0.15, -0.1) is 0 Å². The van der Waals surface area contributed by atoms with Crippen LogP contribution in [0.25, 0.3) is 0 Å². The zero-order valence-corrected chi connectivity index (χ0v) is 13.0. The van der Waals surface area contributed by atoms with E-state index >= 15 is 0 Å². The molecule has 3 rings (SSSR count). The summed E-state index contributed by atoms with van der Waals surface area (Å²) >= 11 is 1.02. The average molecular weight is 318 g/mol. The smallest absolute Gasteiger partial charge is 0.289 e. The van der Waals surface area contributed by atoms with Crippen LogP contribution in [0, 0.1) is 5.92 Å². The molecule has 1 heterocycles. The van der Waals surface area contributed by atoms with Crippen LogP contribution in [-0.4, -0.2) is 34.3 Å². The molecule has 1 aliphatic heterocycles. The van der Waals surface area contributed by atoms with E-state index in [0.29, 0.717) is 11.5 Å². The first-order chi connectivity index (χ1) is 10.6. The quantitative estimate of drug-likeness (QED) is 0.905. The van der Waals surface area contributed by atoms with Gasteiger partial charge in [0.05, 0.1) is 12.3 Å². The van der Waals surface area contributed by atoms with Crippen molar-refractivity contribution in [2.24, 2.45) is 5.92 Å². The highest BCUT2D eigenvalue weighted by Crippen LogP contribution is 2.25. The Morgan fingerprint density at radius 3 is 2.77 bits per heavy atom. The second-order valence-corrected chi connectivity index (χ2v) is 6.67. The third-order valence-electron chi connectivity index (χ3n) is 4.15. The summed E-state index contributed by atoms with van der Waals surface area (Å²) in [6.07, 6.45) is 3.64. The molecule has 3 amide bonds. The Hall–Kier alpha value is -1.82. The zero-order chi connectivity index (χ0) is 15.5. The Morgan fingerprint density at radius 2 is 2.14 bits per heavy atom. The number of imide groups is 1. The van der Waals surface area contributed by atoms with Crippen LogP contribution in [0.3, 0.4) is 0 Å². The molecule has 1 aromatic carbocycles. The summed E-state index contributed by atoms with van der Waals surface area (Å²) in [6.45, 7) is 0.956. The van der Waals surface area contributed by atoms with E-state index in [1.807, 2.05) is 6.07 Å². The molecule has 0 radical (unpaired) electrons. The summed E-state index contributed by atoms with van der Waals surface area (Å²) in [5, 5.41) is 2.73. The largest absolute Gasteiger partial charge is 0.352 e. The van der Waals surface area contributed by atoms with Crippen LogP contribution < -0.4 is 5.32 Å². The second kappa shape index (κ2) is 6.52. The van der Waals surface area contributed by atoms with Gasteiger partial charge in [-0.1, -0.05) is 30.3 Å². The van der Waals surface area contributed by atoms with E-state index in [4.69, 9.17) is 0 Å². The number of thioether (sulfide) groups is 1. The molecule has 1 aromatic rings. The van der Waals surface area contributed by atoms with Crippen LogP contribution in [0.5, 0.6) is 0 Å². The number of rotatable bonds is 5. The topological polar surface area (TPSA) is 66.5 Å². The molecule has 0 atom stereocenters. The predicted molar refractivity (Wildman–Crippen MR) is 84.5 cm³/mol. The second-order valence-electron chi connectivity index (χ2n) is 5.74. The number of benzene rings is 1. The summed E-state index contributed by atoms with van der Waals surface area (Å²) in [5.74, 6) is 0.557. The highest BCUT2D eigenvalue weighted by atomic mass is 32.2. The Labute approximate surface area is 133 Å². The van der Waals surface area contributed by atoms with Crippen molar-refractivity contribution < 1.29 is 14.4 Å². The molecule has 1 N–H and O–H groups in total. The molecule has 0 spiro atoms. The molecule has 0 bridgehead atoms. The van der Waals surface area contributed by atoms with Crippen molar-refractivity contribution in [1.29, 1.82) is 0 Å². The fraction of sp³-hybridized carbons (Fsp3) is 0.438. The van der Waals surface area contributed by atoms with Crippen LogP contribution >= 0.6 is 11.8 Å². The zero-order valence-electron chi connectivity index (χ0n) is 12.2. The molecule has 0 aromatic heterocycles. The van der Waals surface area contributed by atoms with Crippen molar-refractivity contribution in [3.63, 3.8) is 0 Å². The van der Waals surface area contributed by atoms with Gasteiger partial charge >= 0.3 is 0 Å². The lowest BCUT2D eigenvalue weighted by Gasteiger charge is -2.25. The van der Waals surface area contributed by atoms with E-state index in [1.165, 1.54) is 24.2 Å². The van der Waals surface area contributed by atoms with Gasteiger partial charge < -0.3 is 5.32 Å². The Morgan fingerprint density at radius 1 is 1.32 bits per heavy atom. The van der Waals surface area contributed by atoms with E-state index in [9.17, 15) is 14.4 Å². The summed E-state index contributed by atoms with van der Waals surface area (Å²) < 4.78 is 0. The molecule has 2 fully saturated rings. The molecule has 1 saturated carbocycles. The van der Waals surface area contributed by atoms with Gasteiger partial charge in [-0.2, -0.15) is 0 Å². The lowest BCUT2D eigenvalue weighted by Crippen LogP contribution is -2.32. The van der Waals surface area contributed by atoms with Crippen LogP contribution in [0.15, 0.2) is 24.3 Å². The Balaban J connectivity index is 1.62. The van der Waals surface area contributed by atoms with Crippen molar-refractivity contribution >= 4 is 28.8 Å². The van der Waals surface area contributed by atoms with E-state index in [0.717, 1.165) is 23.9 Å². The molecule has 1 aliphatic carbocycles. The van der Waals surface area contributed by atoms with E-state index in [-0.39, 0.29) is 29.4 Å². The summed E-state index contributed by atoms with van der Waals surface area (Å²) in [4.78, 5) is 36.6. The maximum atomic E-state index is 12.1. The number of nitrogens with zero attached hydrogens (tertiary/aromatic N) is 1. The van der Waals surface area contributed by atoms with Gasteiger partial charge in [0.15, 0.2) is 0 Å². The van der Waals surface area contributed by atoms with Gasteiger partial charge in [0.25, 0.3) is 11.1 Å². The molecule has 5 nitrogen and oxygen atoms in total. The Kier molecular flexibility index (Phi) is 4.47.